The fourth-order valence-corrected chi connectivity index (χ4v) is 4.65. The number of ether oxygens (including phenoxy) is 1. The average Bonchev–Trinajstić information content (AvgIpc) is 2.76. The van der Waals surface area contributed by atoms with E-state index in [4.69, 9.17) is 4.74 Å². The fraction of sp³-hybridized carbons (Fsp3) is 0.538. The number of unbranched alkanes of at least 4 members (excludes halogenated alkanes) is 11. The number of rotatable bonds is 16. The Morgan fingerprint density at radius 2 is 1.30 bits per heavy atom. The van der Waals surface area contributed by atoms with Crippen LogP contribution in [-0.2, 0) is 16.5 Å². The minimum absolute atomic E-state index is 0. The van der Waals surface area contributed by atoms with Crippen LogP contribution in [0, 0.1) is 0 Å². The molecule has 0 fully saturated rings. The molecular weight excluding hydrogens is 447 g/mol. The predicted molar refractivity (Wildman–Crippen MR) is 127 cm³/mol. The summed E-state index contributed by atoms with van der Waals surface area (Å²) in [4.78, 5) is -0.314. The summed E-state index contributed by atoms with van der Waals surface area (Å²) in [7, 11) is -4.47. The SMILES string of the molecule is CCCCCCCCCCCCCCc1c(S(=O)(=O)O)ccc(Oc2ccccc2)c1[O-].[Na+]. The fourth-order valence-electron chi connectivity index (χ4n) is 3.91. The van der Waals surface area contributed by atoms with E-state index in [1.54, 1.807) is 24.3 Å². The minimum atomic E-state index is -4.47. The van der Waals surface area contributed by atoms with Gasteiger partial charge in [0.25, 0.3) is 10.1 Å². The van der Waals surface area contributed by atoms with Gasteiger partial charge in [-0.05, 0) is 42.7 Å². The molecule has 2 rings (SSSR count). The maximum absolute atomic E-state index is 12.9. The van der Waals surface area contributed by atoms with Crippen molar-refractivity contribution in [2.24, 2.45) is 0 Å². The first-order valence-corrected chi connectivity index (χ1v) is 13.4. The van der Waals surface area contributed by atoms with Crippen molar-refractivity contribution in [2.75, 3.05) is 0 Å². The molecule has 5 nitrogen and oxygen atoms in total. The molecule has 0 saturated heterocycles. The summed E-state index contributed by atoms with van der Waals surface area (Å²) < 4.78 is 38.7. The van der Waals surface area contributed by atoms with Gasteiger partial charge >= 0.3 is 29.6 Å². The molecule has 0 atom stereocenters. The first kappa shape index (κ1) is 30.0. The maximum atomic E-state index is 12.9. The molecular formula is C26H37NaO5S. The minimum Gasteiger partial charge on any atom is -0.870 e. The summed E-state index contributed by atoms with van der Waals surface area (Å²) in [6.07, 6.45) is 14.6. The van der Waals surface area contributed by atoms with Gasteiger partial charge in [0.15, 0.2) is 0 Å². The van der Waals surface area contributed by atoms with Gasteiger partial charge in [-0.15, -0.1) is 0 Å². The first-order chi connectivity index (χ1) is 15.4. The molecule has 0 saturated carbocycles. The molecule has 0 amide bonds. The molecule has 0 aromatic heterocycles. The van der Waals surface area contributed by atoms with Crippen LogP contribution in [0.1, 0.15) is 89.5 Å². The Morgan fingerprint density at radius 3 is 1.82 bits per heavy atom. The van der Waals surface area contributed by atoms with Crippen molar-refractivity contribution >= 4 is 10.1 Å². The largest absolute Gasteiger partial charge is 1.00 e. The standard InChI is InChI=1S/C26H38O5S.Na/c1-2-3-4-5-6-7-8-9-10-11-12-16-19-23-25(32(28,29)30)21-20-24(26(23)27)31-22-17-14-13-15-18-22;/h13-15,17-18,20-21,27H,2-12,16,19H2,1H3,(H,28,29,30);/q;+1/p-1. The average molecular weight is 485 g/mol. The van der Waals surface area contributed by atoms with Gasteiger partial charge in [-0.1, -0.05) is 102 Å². The van der Waals surface area contributed by atoms with Crippen LogP contribution >= 0.6 is 0 Å². The molecule has 0 heterocycles. The smallest absolute Gasteiger partial charge is 0.870 e. The molecule has 178 valence electrons. The van der Waals surface area contributed by atoms with Crippen molar-refractivity contribution in [1.82, 2.24) is 0 Å². The van der Waals surface area contributed by atoms with Crippen molar-refractivity contribution in [3.8, 4) is 17.2 Å². The summed E-state index contributed by atoms with van der Waals surface area (Å²) in [6.45, 7) is 2.23. The van der Waals surface area contributed by atoms with E-state index in [1.165, 1.54) is 63.5 Å². The topological polar surface area (TPSA) is 86.7 Å². The van der Waals surface area contributed by atoms with E-state index in [2.05, 4.69) is 6.92 Å². The number of para-hydroxylation sites is 1. The second-order valence-corrected chi connectivity index (χ2v) is 9.79. The van der Waals surface area contributed by atoms with Gasteiger partial charge in [-0.3, -0.25) is 4.55 Å². The van der Waals surface area contributed by atoms with Gasteiger partial charge in [0.05, 0.1) is 4.90 Å². The third-order valence-electron chi connectivity index (χ3n) is 5.71. The number of hydrogen-bond acceptors (Lipinski definition) is 4. The Hall–Kier alpha value is -1.05. The summed E-state index contributed by atoms with van der Waals surface area (Å²) in [5.41, 5.74) is 0.105. The molecule has 2 aromatic carbocycles. The molecule has 0 aliphatic carbocycles. The molecule has 0 bridgehead atoms. The molecule has 0 aliphatic heterocycles. The van der Waals surface area contributed by atoms with Gasteiger partial charge in [0.2, 0.25) is 0 Å². The van der Waals surface area contributed by atoms with Gasteiger partial charge in [-0.2, -0.15) is 8.42 Å². The second kappa shape index (κ2) is 16.6. The van der Waals surface area contributed by atoms with Crippen LogP contribution < -0.4 is 39.4 Å². The van der Waals surface area contributed by atoms with E-state index in [9.17, 15) is 18.1 Å². The summed E-state index contributed by atoms with van der Waals surface area (Å²) in [5.74, 6) is 0.0881. The van der Waals surface area contributed by atoms with E-state index in [0.29, 0.717) is 18.6 Å². The van der Waals surface area contributed by atoms with E-state index >= 15 is 0 Å². The van der Waals surface area contributed by atoms with Crippen LogP contribution in [0.2, 0.25) is 0 Å². The molecule has 33 heavy (non-hydrogen) atoms. The van der Waals surface area contributed by atoms with Crippen molar-refractivity contribution in [3.05, 3.63) is 48.0 Å². The normalized spacial score (nSPS) is 11.2. The van der Waals surface area contributed by atoms with E-state index in [1.807, 2.05) is 6.07 Å². The second-order valence-electron chi connectivity index (χ2n) is 8.40. The zero-order valence-electron chi connectivity index (χ0n) is 20.2. The Kier molecular flexibility index (Phi) is 15.0. The molecule has 0 aliphatic rings. The van der Waals surface area contributed by atoms with Gasteiger partial charge in [0, 0.05) is 0 Å². The quantitative estimate of drug-likeness (QED) is 0.221. The van der Waals surface area contributed by atoms with E-state index in [-0.39, 0.29) is 45.8 Å². The number of benzene rings is 2. The Balaban J connectivity index is 0.00000544. The van der Waals surface area contributed by atoms with Crippen molar-refractivity contribution < 1.29 is 52.4 Å². The van der Waals surface area contributed by atoms with Crippen molar-refractivity contribution in [2.45, 2.75) is 95.3 Å². The third-order valence-corrected chi connectivity index (χ3v) is 6.65. The van der Waals surface area contributed by atoms with Gasteiger partial charge in [0.1, 0.15) is 11.5 Å². The van der Waals surface area contributed by atoms with Crippen LogP contribution in [-0.4, -0.2) is 13.0 Å². The summed E-state index contributed by atoms with van der Waals surface area (Å²) in [6, 6.07) is 11.4. The van der Waals surface area contributed by atoms with E-state index in [0.717, 1.165) is 19.3 Å². The van der Waals surface area contributed by atoms with Crippen LogP contribution in [0.5, 0.6) is 17.2 Å². The van der Waals surface area contributed by atoms with Crippen LogP contribution in [0.4, 0.5) is 0 Å². The zero-order chi connectivity index (χ0) is 23.2. The maximum Gasteiger partial charge on any atom is 1.00 e. The molecule has 2 aromatic rings. The summed E-state index contributed by atoms with van der Waals surface area (Å²) >= 11 is 0. The van der Waals surface area contributed by atoms with Crippen LogP contribution in [0.15, 0.2) is 47.4 Å². The molecule has 0 unspecified atom stereocenters. The molecule has 0 radical (unpaired) electrons. The van der Waals surface area contributed by atoms with Crippen molar-refractivity contribution in [1.29, 1.82) is 0 Å². The van der Waals surface area contributed by atoms with Gasteiger partial charge in [-0.25, -0.2) is 0 Å². The molecule has 0 spiro atoms. The monoisotopic (exact) mass is 484 g/mol. The van der Waals surface area contributed by atoms with Crippen molar-refractivity contribution in [3.63, 3.8) is 0 Å². The Labute approximate surface area is 222 Å². The van der Waals surface area contributed by atoms with Crippen LogP contribution in [0.25, 0.3) is 0 Å². The van der Waals surface area contributed by atoms with Gasteiger partial charge < -0.3 is 9.84 Å². The van der Waals surface area contributed by atoms with E-state index < -0.39 is 15.9 Å². The molecule has 7 heteroatoms. The third kappa shape index (κ3) is 11.3. The zero-order valence-corrected chi connectivity index (χ0v) is 23.0. The Morgan fingerprint density at radius 1 is 0.788 bits per heavy atom. The number of hydrogen-bond donors (Lipinski definition) is 1. The predicted octanol–water partition coefficient (Wildman–Crippen LogP) is 4.05. The molecule has 1 N–H and O–H groups in total. The Bertz CT molecular complexity index is 900. The summed E-state index contributed by atoms with van der Waals surface area (Å²) in [5, 5.41) is 12.9. The van der Waals surface area contributed by atoms with Crippen LogP contribution in [0.3, 0.4) is 0 Å². The first-order valence-electron chi connectivity index (χ1n) is 12.0.